The SMILES string of the molecule is C=C(/N=C(\N=C(/N)c1ccsc1)c1ccsc1)c1c(F)c(F)c(-c2c(F)c(F)c(C(/N=C(\N)c3ccsc3)=N/C(=C)C3C=CSC3)c(F)c2F)c(F)c1F. The molecule has 0 saturated heterocycles. The summed E-state index contributed by atoms with van der Waals surface area (Å²) in [5.74, 6) is -20.3. The Morgan fingerprint density at radius 1 is 0.574 bits per heavy atom. The number of rotatable bonds is 9. The number of allylic oxidation sites excluding steroid dienone is 1. The van der Waals surface area contributed by atoms with Gasteiger partial charge in [0.25, 0.3) is 0 Å². The van der Waals surface area contributed by atoms with Crippen LogP contribution in [0.1, 0.15) is 27.8 Å². The Labute approximate surface area is 318 Å². The molecule has 6 rings (SSSR count). The Morgan fingerprint density at radius 3 is 1.44 bits per heavy atom. The quantitative estimate of drug-likeness (QED) is 0.0670. The highest BCUT2D eigenvalue weighted by molar-refractivity contribution is 8.02. The van der Waals surface area contributed by atoms with Crippen LogP contribution in [-0.2, 0) is 0 Å². The van der Waals surface area contributed by atoms with E-state index in [0.717, 1.165) is 0 Å². The maximum Gasteiger partial charge on any atom is 0.173 e. The predicted octanol–water partition coefficient (Wildman–Crippen LogP) is 10.0. The van der Waals surface area contributed by atoms with Gasteiger partial charge in [-0.1, -0.05) is 19.2 Å². The molecule has 18 heteroatoms. The van der Waals surface area contributed by atoms with Crippen LogP contribution in [0.3, 0.4) is 0 Å². The van der Waals surface area contributed by atoms with Crippen molar-refractivity contribution in [1.82, 2.24) is 0 Å². The van der Waals surface area contributed by atoms with Crippen molar-refractivity contribution in [2.45, 2.75) is 0 Å². The van der Waals surface area contributed by atoms with Crippen LogP contribution in [0, 0.1) is 52.5 Å². The number of nitrogens with two attached hydrogens (primary N) is 2. The van der Waals surface area contributed by atoms with E-state index in [1.807, 2.05) is 0 Å². The topological polar surface area (TPSA) is 101 Å². The van der Waals surface area contributed by atoms with E-state index in [0.29, 0.717) is 16.9 Å². The lowest BCUT2D eigenvalue weighted by molar-refractivity contribution is 0.438. The van der Waals surface area contributed by atoms with Crippen LogP contribution < -0.4 is 11.5 Å². The van der Waals surface area contributed by atoms with E-state index in [1.54, 1.807) is 44.5 Å². The molecule has 0 amide bonds. The molecule has 4 N–H and O–H groups in total. The lowest BCUT2D eigenvalue weighted by Gasteiger charge is -2.16. The van der Waals surface area contributed by atoms with Gasteiger partial charge in [0.2, 0.25) is 0 Å². The van der Waals surface area contributed by atoms with Gasteiger partial charge in [-0.05, 0) is 39.7 Å². The van der Waals surface area contributed by atoms with Crippen LogP contribution in [0.5, 0.6) is 0 Å². The largest absolute Gasteiger partial charge is 0.383 e. The van der Waals surface area contributed by atoms with Gasteiger partial charge < -0.3 is 11.5 Å². The van der Waals surface area contributed by atoms with Gasteiger partial charge in [0.05, 0.1) is 28.0 Å². The molecule has 1 unspecified atom stereocenters. The van der Waals surface area contributed by atoms with Gasteiger partial charge in [0.15, 0.2) is 58.2 Å². The van der Waals surface area contributed by atoms with E-state index in [4.69, 9.17) is 11.5 Å². The maximum atomic E-state index is 15.9. The molecule has 2 aromatic carbocycles. The minimum absolute atomic E-state index is 0.0153. The van der Waals surface area contributed by atoms with Crippen molar-refractivity contribution in [1.29, 1.82) is 0 Å². The van der Waals surface area contributed by atoms with Crippen molar-refractivity contribution in [3.63, 3.8) is 0 Å². The number of benzene rings is 2. The van der Waals surface area contributed by atoms with Crippen molar-refractivity contribution >= 4 is 74.8 Å². The van der Waals surface area contributed by atoms with E-state index < -0.39 is 86.2 Å². The number of hydrogen-bond acceptors (Lipinski definition) is 6. The summed E-state index contributed by atoms with van der Waals surface area (Å²) in [5.41, 5.74) is 4.99. The molecule has 54 heavy (non-hydrogen) atoms. The van der Waals surface area contributed by atoms with Crippen LogP contribution in [0.15, 0.2) is 101 Å². The Morgan fingerprint density at radius 2 is 1.02 bits per heavy atom. The molecule has 1 atom stereocenters. The second-order valence-electron chi connectivity index (χ2n) is 11.1. The fraction of sp³-hybridized carbons (Fsp3) is 0.0556. The van der Waals surface area contributed by atoms with Gasteiger partial charge in [0.1, 0.15) is 11.7 Å². The molecule has 0 spiro atoms. The van der Waals surface area contributed by atoms with Crippen molar-refractivity contribution in [2.75, 3.05) is 5.75 Å². The third-order valence-electron chi connectivity index (χ3n) is 7.76. The van der Waals surface area contributed by atoms with Gasteiger partial charge in [-0.25, -0.2) is 55.1 Å². The van der Waals surface area contributed by atoms with Gasteiger partial charge in [-0.2, -0.15) is 34.0 Å². The molecule has 0 aliphatic carbocycles. The lowest BCUT2D eigenvalue weighted by atomic mass is 9.96. The fourth-order valence-corrected chi connectivity index (χ4v) is 7.84. The van der Waals surface area contributed by atoms with Crippen LogP contribution in [0.4, 0.5) is 35.1 Å². The molecule has 0 radical (unpaired) electrons. The molecule has 1 aliphatic rings. The number of nitrogens with zero attached hydrogens (tertiary/aromatic N) is 4. The number of aliphatic imine (C=N–C) groups is 4. The van der Waals surface area contributed by atoms with Gasteiger partial charge >= 0.3 is 0 Å². The summed E-state index contributed by atoms with van der Waals surface area (Å²) in [6.45, 7) is 7.18. The van der Waals surface area contributed by atoms with E-state index >= 15 is 35.1 Å². The Kier molecular flexibility index (Phi) is 11.5. The predicted molar refractivity (Wildman–Crippen MR) is 202 cm³/mol. The summed E-state index contributed by atoms with van der Waals surface area (Å²) in [7, 11) is 0. The highest BCUT2D eigenvalue weighted by Crippen LogP contribution is 2.40. The summed E-state index contributed by atoms with van der Waals surface area (Å²) >= 11 is 5.07. The normalized spacial score (nSPS) is 15.4. The third-order valence-corrected chi connectivity index (χ3v) is 10.7. The van der Waals surface area contributed by atoms with E-state index in [9.17, 15) is 0 Å². The van der Waals surface area contributed by atoms with Gasteiger partial charge in [0, 0.05) is 50.2 Å². The molecule has 3 aromatic heterocycles. The number of thiophene rings is 3. The summed E-state index contributed by atoms with van der Waals surface area (Å²) in [5, 5.41) is 11.4. The summed E-state index contributed by atoms with van der Waals surface area (Å²) in [4.78, 5) is 16.1. The highest BCUT2D eigenvalue weighted by atomic mass is 32.2. The van der Waals surface area contributed by atoms with Gasteiger partial charge in [-0.3, -0.25) is 0 Å². The summed E-state index contributed by atoms with van der Waals surface area (Å²) in [6, 6.07) is 4.65. The molecule has 0 saturated carbocycles. The zero-order chi connectivity index (χ0) is 38.8. The second-order valence-corrected chi connectivity index (χ2v) is 14.4. The number of amidine groups is 4. The van der Waals surface area contributed by atoms with Crippen molar-refractivity contribution in [3.8, 4) is 11.1 Å². The monoisotopic (exact) mass is 818 g/mol. The molecular weight excluding hydrogens is 797 g/mol. The maximum absolute atomic E-state index is 15.9. The van der Waals surface area contributed by atoms with Crippen molar-refractivity contribution in [2.24, 2.45) is 37.4 Å². The van der Waals surface area contributed by atoms with E-state index in [1.165, 1.54) is 63.3 Å². The summed E-state index contributed by atoms with van der Waals surface area (Å²) < 4.78 is 126. The minimum atomic E-state index is -2.41. The summed E-state index contributed by atoms with van der Waals surface area (Å²) in [6.07, 6.45) is 1.67. The van der Waals surface area contributed by atoms with Crippen molar-refractivity contribution in [3.05, 3.63) is 155 Å². The Balaban J connectivity index is 1.48. The highest BCUT2D eigenvalue weighted by Gasteiger charge is 2.36. The molecule has 4 heterocycles. The zero-order valence-electron chi connectivity index (χ0n) is 27.1. The van der Waals surface area contributed by atoms with Crippen molar-refractivity contribution < 1.29 is 35.1 Å². The molecule has 0 fully saturated rings. The molecule has 0 bridgehead atoms. The van der Waals surface area contributed by atoms with E-state index in [2.05, 4.69) is 33.1 Å². The molecule has 6 nitrogen and oxygen atoms in total. The van der Waals surface area contributed by atoms with Crippen LogP contribution in [0.2, 0.25) is 0 Å². The van der Waals surface area contributed by atoms with Crippen LogP contribution in [-0.4, -0.2) is 29.1 Å². The first-order valence-corrected chi connectivity index (χ1v) is 19.0. The average Bonchev–Trinajstić information content (AvgIpc) is 3.98. The van der Waals surface area contributed by atoms with Gasteiger partial charge in [-0.15, -0.1) is 11.8 Å². The smallest absolute Gasteiger partial charge is 0.173 e. The standard InChI is InChI=1S/C36H22F8N6S4/c1-15(17-3-7-51-11-17)47-36(50-34(46)19-5-9-53-13-19)24-31(43)29(41)23(30(42)32(24)44)22-27(39)25(37)21(26(38)28(22)40)16(2)48-35(20-6-10-54-14-20)49-33(45)18-4-8-52-12-18/h3-10,12-14,17H,1-2,11H2,(H2,45,48,49)(H2,46,47,50). The number of hydrogen-bond donors (Lipinski definition) is 2. The minimum Gasteiger partial charge on any atom is -0.383 e. The lowest BCUT2D eigenvalue weighted by Crippen LogP contribution is -2.19. The van der Waals surface area contributed by atoms with E-state index in [-0.39, 0.29) is 28.8 Å². The third kappa shape index (κ3) is 7.46. The van der Waals surface area contributed by atoms with Crippen LogP contribution >= 0.6 is 45.8 Å². The Hall–Kier alpha value is -5.17. The van der Waals surface area contributed by atoms with Crippen LogP contribution in [0.25, 0.3) is 16.8 Å². The molecule has 5 aromatic rings. The zero-order valence-corrected chi connectivity index (χ0v) is 30.4. The first-order chi connectivity index (χ1) is 25.8. The second kappa shape index (κ2) is 16.1. The number of thioether (sulfide) groups is 1. The first-order valence-electron chi connectivity index (χ1n) is 15.1. The number of halogens is 8. The average molecular weight is 819 g/mol. The molecule has 276 valence electrons. The fourth-order valence-electron chi connectivity index (χ4n) is 4.99. The Bertz CT molecular complexity index is 2380. The molecule has 1 aliphatic heterocycles. The molecular formula is C36H22F8N6S4. The first kappa shape index (κ1) is 38.6.